The maximum Gasteiger partial charge on any atom is 0.133 e. The SMILES string of the molecule is C=C=COc1ccc(C2(c3ccc(OC=C=C)cc3)CCCCC2)cc1. The van der Waals surface area contributed by atoms with E-state index < -0.39 is 0 Å². The summed E-state index contributed by atoms with van der Waals surface area (Å²) in [6.45, 7) is 7.04. The molecule has 0 spiro atoms. The second kappa shape index (κ2) is 8.45. The highest BCUT2D eigenvalue weighted by atomic mass is 16.5. The molecular formula is C24H24O2. The molecule has 26 heavy (non-hydrogen) atoms. The third-order valence-corrected chi connectivity index (χ3v) is 5.08. The minimum atomic E-state index is 0.0534. The highest BCUT2D eigenvalue weighted by molar-refractivity contribution is 5.44. The lowest BCUT2D eigenvalue weighted by Gasteiger charge is -2.38. The fraction of sp³-hybridized carbons (Fsp3) is 0.250. The third kappa shape index (κ3) is 3.83. The number of benzene rings is 2. The Morgan fingerprint density at radius 2 is 1.12 bits per heavy atom. The lowest BCUT2D eigenvalue weighted by Crippen LogP contribution is -2.30. The van der Waals surface area contributed by atoms with Crippen molar-refractivity contribution < 1.29 is 9.47 Å². The second-order valence-corrected chi connectivity index (χ2v) is 6.57. The van der Waals surface area contributed by atoms with Crippen LogP contribution in [0.4, 0.5) is 0 Å². The van der Waals surface area contributed by atoms with Crippen LogP contribution in [0.1, 0.15) is 43.2 Å². The Kier molecular flexibility index (Phi) is 5.81. The average molecular weight is 344 g/mol. The molecule has 0 bridgehead atoms. The van der Waals surface area contributed by atoms with Gasteiger partial charge in [-0.05, 0) is 48.2 Å². The highest BCUT2D eigenvalue weighted by Gasteiger charge is 2.35. The van der Waals surface area contributed by atoms with E-state index in [2.05, 4.69) is 48.9 Å². The molecule has 1 saturated carbocycles. The molecule has 1 aliphatic rings. The van der Waals surface area contributed by atoms with Crippen LogP contribution in [0.2, 0.25) is 0 Å². The summed E-state index contributed by atoms with van der Waals surface area (Å²) in [6.07, 6.45) is 9.06. The maximum absolute atomic E-state index is 5.46. The predicted octanol–water partition coefficient (Wildman–Crippen LogP) is 6.29. The molecule has 0 aromatic heterocycles. The van der Waals surface area contributed by atoms with Gasteiger partial charge in [-0.2, -0.15) is 0 Å². The van der Waals surface area contributed by atoms with Gasteiger partial charge in [0.1, 0.15) is 24.0 Å². The lowest BCUT2D eigenvalue weighted by atomic mass is 9.65. The monoisotopic (exact) mass is 344 g/mol. The minimum Gasteiger partial charge on any atom is -0.457 e. The van der Waals surface area contributed by atoms with E-state index in [4.69, 9.17) is 9.47 Å². The fourth-order valence-corrected chi connectivity index (χ4v) is 3.82. The quantitative estimate of drug-likeness (QED) is 0.453. The lowest BCUT2D eigenvalue weighted by molar-refractivity contribution is 0.345. The molecule has 0 saturated heterocycles. The van der Waals surface area contributed by atoms with Crippen LogP contribution in [0.25, 0.3) is 0 Å². The van der Waals surface area contributed by atoms with E-state index >= 15 is 0 Å². The van der Waals surface area contributed by atoms with E-state index in [1.807, 2.05) is 24.3 Å². The van der Waals surface area contributed by atoms with Gasteiger partial charge in [-0.3, -0.25) is 0 Å². The summed E-state index contributed by atoms with van der Waals surface area (Å²) in [5, 5.41) is 0. The van der Waals surface area contributed by atoms with Gasteiger partial charge in [0.25, 0.3) is 0 Å². The topological polar surface area (TPSA) is 18.5 Å². The third-order valence-electron chi connectivity index (χ3n) is 5.08. The zero-order valence-electron chi connectivity index (χ0n) is 15.0. The smallest absolute Gasteiger partial charge is 0.133 e. The van der Waals surface area contributed by atoms with Gasteiger partial charge in [-0.25, -0.2) is 0 Å². The summed E-state index contributed by atoms with van der Waals surface area (Å²) >= 11 is 0. The first-order valence-corrected chi connectivity index (χ1v) is 9.01. The summed E-state index contributed by atoms with van der Waals surface area (Å²) in [7, 11) is 0. The molecule has 0 unspecified atom stereocenters. The molecule has 1 fully saturated rings. The molecule has 0 atom stereocenters. The van der Waals surface area contributed by atoms with Gasteiger partial charge < -0.3 is 9.47 Å². The van der Waals surface area contributed by atoms with Gasteiger partial charge in [-0.1, -0.05) is 68.1 Å². The zero-order valence-corrected chi connectivity index (χ0v) is 15.0. The number of hydrogen-bond acceptors (Lipinski definition) is 2. The van der Waals surface area contributed by atoms with Crippen molar-refractivity contribution in [1.29, 1.82) is 0 Å². The van der Waals surface area contributed by atoms with Crippen LogP contribution in [-0.4, -0.2) is 0 Å². The van der Waals surface area contributed by atoms with E-state index in [9.17, 15) is 0 Å². The second-order valence-electron chi connectivity index (χ2n) is 6.57. The molecule has 132 valence electrons. The maximum atomic E-state index is 5.46. The minimum absolute atomic E-state index is 0.0534. The van der Waals surface area contributed by atoms with Gasteiger partial charge in [-0.15, -0.1) is 0 Å². The van der Waals surface area contributed by atoms with E-state index in [1.54, 1.807) is 0 Å². The van der Waals surface area contributed by atoms with Crippen molar-refractivity contribution in [3.8, 4) is 11.5 Å². The molecule has 0 heterocycles. The largest absolute Gasteiger partial charge is 0.457 e. The van der Waals surface area contributed by atoms with Crippen molar-refractivity contribution in [2.75, 3.05) is 0 Å². The van der Waals surface area contributed by atoms with Gasteiger partial charge in [0.2, 0.25) is 0 Å². The van der Waals surface area contributed by atoms with Crippen molar-refractivity contribution >= 4 is 0 Å². The molecule has 2 nitrogen and oxygen atoms in total. The van der Waals surface area contributed by atoms with E-state index in [0.717, 1.165) is 24.3 Å². The fourth-order valence-electron chi connectivity index (χ4n) is 3.82. The summed E-state index contributed by atoms with van der Waals surface area (Å²) in [4.78, 5) is 0. The molecule has 0 amide bonds. The number of hydrogen-bond donors (Lipinski definition) is 0. The van der Waals surface area contributed by atoms with Crippen molar-refractivity contribution in [1.82, 2.24) is 0 Å². The molecule has 2 heteroatoms. The molecule has 1 aliphatic carbocycles. The van der Waals surface area contributed by atoms with Gasteiger partial charge in [0.05, 0.1) is 0 Å². The number of rotatable bonds is 6. The predicted molar refractivity (Wildman–Crippen MR) is 105 cm³/mol. The molecule has 0 radical (unpaired) electrons. The Labute approximate surface area is 155 Å². The van der Waals surface area contributed by atoms with Crippen LogP contribution >= 0.6 is 0 Å². The normalized spacial score (nSPS) is 15.2. The molecule has 2 aromatic rings. The van der Waals surface area contributed by atoms with Crippen LogP contribution in [0.15, 0.2) is 85.7 Å². The van der Waals surface area contributed by atoms with Crippen LogP contribution in [-0.2, 0) is 5.41 Å². The van der Waals surface area contributed by atoms with Crippen molar-refractivity contribution in [2.24, 2.45) is 0 Å². The van der Waals surface area contributed by atoms with Crippen molar-refractivity contribution in [2.45, 2.75) is 37.5 Å². The Balaban J connectivity index is 1.93. The summed E-state index contributed by atoms with van der Waals surface area (Å²) in [5.41, 5.74) is 7.99. The Morgan fingerprint density at radius 3 is 1.50 bits per heavy atom. The molecule has 3 rings (SSSR count). The van der Waals surface area contributed by atoms with E-state index in [-0.39, 0.29) is 5.41 Å². The van der Waals surface area contributed by atoms with Crippen LogP contribution < -0.4 is 9.47 Å². The van der Waals surface area contributed by atoms with Crippen LogP contribution in [0.3, 0.4) is 0 Å². The summed E-state index contributed by atoms with van der Waals surface area (Å²) < 4.78 is 10.9. The molecule has 0 aliphatic heterocycles. The summed E-state index contributed by atoms with van der Waals surface area (Å²) in [5.74, 6) is 1.60. The van der Waals surface area contributed by atoms with Crippen molar-refractivity contribution in [3.05, 3.63) is 96.8 Å². The zero-order chi connectivity index (χ0) is 18.2. The first-order valence-electron chi connectivity index (χ1n) is 9.01. The van der Waals surface area contributed by atoms with Crippen LogP contribution in [0.5, 0.6) is 11.5 Å². The van der Waals surface area contributed by atoms with Gasteiger partial charge in [0, 0.05) is 5.41 Å². The Morgan fingerprint density at radius 1 is 0.692 bits per heavy atom. The van der Waals surface area contributed by atoms with Gasteiger partial charge >= 0.3 is 0 Å². The average Bonchev–Trinajstić information content (AvgIpc) is 2.72. The molecule has 0 N–H and O–H groups in total. The first-order chi connectivity index (χ1) is 12.8. The summed E-state index contributed by atoms with van der Waals surface area (Å²) in [6, 6.07) is 16.8. The first kappa shape index (κ1) is 17.9. The molecular weight excluding hydrogens is 320 g/mol. The number of ether oxygens (including phenoxy) is 2. The van der Waals surface area contributed by atoms with Crippen molar-refractivity contribution in [3.63, 3.8) is 0 Å². The molecule has 2 aromatic carbocycles. The van der Waals surface area contributed by atoms with Crippen LogP contribution in [0, 0.1) is 0 Å². The Hall–Kier alpha value is -2.92. The van der Waals surface area contributed by atoms with E-state index in [0.29, 0.717) is 0 Å². The van der Waals surface area contributed by atoms with Gasteiger partial charge in [0.15, 0.2) is 0 Å². The highest BCUT2D eigenvalue weighted by Crippen LogP contribution is 2.45. The standard InChI is InChI=1S/C24H24O2/c1-3-18-25-22-12-8-20(9-13-22)24(16-6-5-7-17-24)21-10-14-23(15-11-21)26-19-4-2/h8-15,18-19H,1-2,5-7,16-17H2. The Bertz CT molecular complexity index is 746. The van der Waals surface area contributed by atoms with E-state index in [1.165, 1.54) is 42.9 Å².